The first kappa shape index (κ1) is 16.5. The van der Waals surface area contributed by atoms with Gasteiger partial charge in [-0.05, 0) is 53.5 Å². The van der Waals surface area contributed by atoms with Crippen molar-refractivity contribution in [2.45, 2.75) is 39.2 Å². The lowest BCUT2D eigenvalue weighted by atomic mass is 9.48. The van der Waals surface area contributed by atoms with E-state index >= 15 is 0 Å². The normalized spacial score (nSPS) is 21.9. The molecule has 0 aliphatic heterocycles. The summed E-state index contributed by atoms with van der Waals surface area (Å²) >= 11 is 0. The zero-order chi connectivity index (χ0) is 18.4. The van der Waals surface area contributed by atoms with E-state index in [0.717, 1.165) is 24.1 Å². The molecule has 2 heterocycles. The molecule has 27 heavy (non-hydrogen) atoms. The van der Waals surface area contributed by atoms with Crippen molar-refractivity contribution in [3.05, 3.63) is 83.7 Å². The summed E-state index contributed by atoms with van der Waals surface area (Å²) in [4.78, 5) is 12.0. The fourth-order valence-electron chi connectivity index (χ4n) is 4.77. The van der Waals surface area contributed by atoms with Crippen LogP contribution in [-0.4, -0.2) is 9.97 Å². The Labute approximate surface area is 161 Å². The first-order valence-electron chi connectivity index (χ1n) is 9.85. The van der Waals surface area contributed by atoms with E-state index in [2.05, 4.69) is 72.3 Å². The van der Waals surface area contributed by atoms with E-state index < -0.39 is 0 Å². The third kappa shape index (κ3) is 2.73. The van der Waals surface area contributed by atoms with Gasteiger partial charge in [0, 0.05) is 17.8 Å². The van der Waals surface area contributed by atoms with E-state index in [-0.39, 0.29) is 0 Å². The molecule has 0 saturated heterocycles. The molecule has 3 aromatic rings. The molecule has 3 heteroatoms. The highest BCUT2D eigenvalue weighted by Gasteiger charge is 2.53. The van der Waals surface area contributed by atoms with Gasteiger partial charge in [-0.25, -0.2) is 9.97 Å². The number of hydrogen-bond donors (Lipinski definition) is 0. The first-order valence-corrected chi connectivity index (χ1v) is 9.85. The van der Waals surface area contributed by atoms with Gasteiger partial charge in [-0.15, -0.1) is 0 Å². The van der Waals surface area contributed by atoms with E-state index in [1.54, 1.807) is 0 Å². The summed E-state index contributed by atoms with van der Waals surface area (Å²) in [5.74, 6) is 3.35. The van der Waals surface area contributed by atoms with Crippen molar-refractivity contribution in [3.63, 3.8) is 0 Å². The molecule has 1 saturated carbocycles. The molecular formula is C24H25N3. The molecule has 3 aliphatic carbocycles. The third-order valence-electron chi connectivity index (χ3n) is 6.65. The number of aromatic nitrogens is 2. The number of rotatable bonds is 4. The summed E-state index contributed by atoms with van der Waals surface area (Å²) < 4.78 is 0. The van der Waals surface area contributed by atoms with Crippen molar-refractivity contribution in [1.29, 1.82) is 0 Å². The molecule has 6 rings (SSSR count). The van der Waals surface area contributed by atoms with Crippen LogP contribution in [0.2, 0.25) is 0 Å². The maximum Gasteiger partial charge on any atom is 0.134 e. The Morgan fingerprint density at radius 2 is 1.78 bits per heavy atom. The zero-order valence-electron chi connectivity index (χ0n) is 16.0. The first-order chi connectivity index (χ1) is 13.1. The zero-order valence-corrected chi connectivity index (χ0v) is 16.0. The van der Waals surface area contributed by atoms with Gasteiger partial charge in [0.1, 0.15) is 11.6 Å². The predicted octanol–water partition coefficient (Wildman–Crippen LogP) is 5.50. The summed E-state index contributed by atoms with van der Waals surface area (Å²) in [6, 6.07) is 21.1. The topological polar surface area (TPSA) is 29.0 Å². The van der Waals surface area contributed by atoms with E-state index in [1.807, 2.05) is 18.3 Å². The van der Waals surface area contributed by atoms with E-state index in [4.69, 9.17) is 4.98 Å². The summed E-state index contributed by atoms with van der Waals surface area (Å²) in [5, 5.41) is 0. The lowest BCUT2D eigenvalue weighted by Gasteiger charge is -2.56. The lowest BCUT2D eigenvalue weighted by Crippen LogP contribution is -2.48. The van der Waals surface area contributed by atoms with Gasteiger partial charge >= 0.3 is 0 Å². The van der Waals surface area contributed by atoms with Crippen LogP contribution in [0.1, 0.15) is 43.0 Å². The molecule has 1 aromatic carbocycles. The van der Waals surface area contributed by atoms with Crippen LogP contribution < -0.4 is 4.90 Å². The van der Waals surface area contributed by atoms with E-state index in [0.29, 0.717) is 11.3 Å². The molecule has 0 unspecified atom stereocenters. The Hall–Kier alpha value is -2.68. The highest BCUT2D eigenvalue weighted by molar-refractivity contribution is 5.57. The van der Waals surface area contributed by atoms with Crippen molar-refractivity contribution in [3.8, 4) is 0 Å². The van der Waals surface area contributed by atoms with Crippen LogP contribution in [0.5, 0.6) is 0 Å². The predicted molar refractivity (Wildman–Crippen MR) is 109 cm³/mol. The molecule has 2 aromatic heterocycles. The highest BCUT2D eigenvalue weighted by atomic mass is 15.2. The summed E-state index contributed by atoms with van der Waals surface area (Å²) in [5.41, 5.74) is 4.40. The molecule has 136 valence electrons. The molecule has 0 N–H and O–H groups in total. The number of nitrogens with zero attached hydrogens (tertiary/aromatic N) is 3. The minimum atomic E-state index is 0.383. The highest BCUT2D eigenvalue weighted by Crippen LogP contribution is 2.61. The van der Waals surface area contributed by atoms with Crippen molar-refractivity contribution in [1.82, 2.24) is 9.97 Å². The van der Waals surface area contributed by atoms with E-state index in [1.165, 1.54) is 29.7 Å². The summed E-state index contributed by atoms with van der Waals surface area (Å²) in [6.45, 7) is 5.58. The van der Waals surface area contributed by atoms with E-state index in [9.17, 15) is 0 Å². The summed E-state index contributed by atoms with van der Waals surface area (Å²) in [6.07, 6.45) is 4.32. The Balaban J connectivity index is 1.56. The minimum Gasteiger partial charge on any atom is -0.307 e. The second-order valence-corrected chi connectivity index (χ2v) is 8.48. The van der Waals surface area contributed by atoms with Crippen molar-refractivity contribution in [2.75, 3.05) is 4.90 Å². The van der Waals surface area contributed by atoms with Crippen molar-refractivity contribution >= 4 is 11.6 Å². The van der Waals surface area contributed by atoms with Gasteiger partial charge in [0.15, 0.2) is 0 Å². The van der Waals surface area contributed by atoms with Gasteiger partial charge in [-0.3, -0.25) is 0 Å². The van der Waals surface area contributed by atoms with Crippen LogP contribution >= 0.6 is 0 Å². The van der Waals surface area contributed by atoms with Crippen LogP contribution in [0.15, 0.2) is 66.9 Å². The van der Waals surface area contributed by atoms with Gasteiger partial charge in [0.2, 0.25) is 0 Å². The van der Waals surface area contributed by atoms with Gasteiger partial charge < -0.3 is 4.90 Å². The maximum absolute atomic E-state index is 5.19. The molecule has 3 nitrogen and oxygen atoms in total. The quantitative estimate of drug-likeness (QED) is 0.619. The summed E-state index contributed by atoms with van der Waals surface area (Å²) in [7, 11) is 0. The van der Waals surface area contributed by atoms with Gasteiger partial charge in [-0.1, -0.05) is 56.3 Å². The van der Waals surface area contributed by atoms with Gasteiger partial charge in [0.25, 0.3) is 0 Å². The molecule has 3 aliphatic rings. The number of anilines is 2. The average Bonchev–Trinajstić information content (AvgIpc) is 2.72. The second kappa shape index (κ2) is 6.19. The molecule has 2 bridgehead atoms. The Kier molecular flexibility index (Phi) is 3.78. The molecular weight excluding hydrogens is 330 g/mol. The number of hydrogen-bond acceptors (Lipinski definition) is 3. The lowest BCUT2D eigenvalue weighted by molar-refractivity contribution is 0.0156. The fraction of sp³-hybridized carbons (Fsp3) is 0.333. The molecule has 1 fully saturated rings. The van der Waals surface area contributed by atoms with Crippen molar-refractivity contribution < 1.29 is 0 Å². The SMILES string of the molecule is CC1(C)[C@H]2Cc3ccc(N(Cc4ccccc4)c4ccccn4)nc3[C@@H]1C2. The Morgan fingerprint density at radius 1 is 0.963 bits per heavy atom. The smallest absolute Gasteiger partial charge is 0.134 e. The van der Waals surface area contributed by atoms with Crippen LogP contribution in [0.25, 0.3) is 0 Å². The average molecular weight is 355 g/mol. The third-order valence-corrected chi connectivity index (χ3v) is 6.65. The van der Waals surface area contributed by atoms with Gasteiger partial charge in [0.05, 0.1) is 6.54 Å². The van der Waals surface area contributed by atoms with Gasteiger partial charge in [-0.2, -0.15) is 0 Å². The number of pyridine rings is 2. The molecule has 0 amide bonds. The standard InChI is InChI=1S/C24H25N3/c1-24(2)19-14-18-11-12-22(26-23(18)20(24)15-19)27(21-10-6-7-13-25-21)16-17-8-4-3-5-9-17/h3-13,19-20H,14-16H2,1-2H3/t19-,20-/m0/s1. The minimum absolute atomic E-state index is 0.383. The molecule has 0 radical (unpaired) electrons. The second-order valence-electron chi connectivity index (χ2n) is 8.48. The maximum atomic E-state index is 5.19. The number of benzene rings is 1. The van der Waals surface area contributed by atoms with Crippen LogP contribution in [0, 0.1) is 11.3 Å². The van der Waals surface area contributed by atoms with Crippen LogP contribution in [0.3, 0.4) is 0 Å². The fourth-order valence-corrected chi connectivity index (χ4v) is 4.77. The Morgan fingerprint density at radius 3 is 2.52 bits per heavy atom. The monoisotopic (exact) mass is 355 g/mol. The largest absolute Gasteiger partial charge is 0.307 e. The van der Waals surface area contributed by atoms with Crippen LogP contribution in [0.4, 0.5) is 11.6 Å². The Bertz CT molecular complexity index is 950. The molecule has 2 atom stereocenters. The van der Waals surface area contributed by atoms with Crippen molar-refractivity contribution in [2.24, 2.45) is 11.3 Å². The molecule has 0 spiro atoms. The van der Waals surface area contributed by atoms with Crippen LogP contribution in [-0.2, 0) is 13.0 Å².